The molecule has 0 spiro atoms. The van der Waals surface area contributed by atoms with Crippen molar-refractivity contribution in [3.05, 3.63) is 0 Å². The molecule has 86 valence electrons. The first-order valence-electron chi connectivity index (χ1n) is 5.77. The summed E-state index contributed by atoms with van der Waals surface area (Å²) < 4.78 is 5.49. The lowest BCUT2D eigenvalue weighted by Crippen LogP contribution is -2.59. The number of nitrogens with zero attached hydrogens (tertiary/aromatic N) is 1. The van der Waals surface area contributed by atoms with Gasteiger partial charge in [-0.15, -0.1) is 0 Å². The van der Waals surface area contributed by atoms with E-state index in [1.54, 1.807) is 0 Å². The third kappa shape index (κ3) is 2.16. The largest absolute Gasteiger partial charge is 0.364 e. The number of hydrogen-bond acceptors (Lipinski definition) is 3. The Kier molecular flexibility index (Phi) is 2.98. The molecule has 1 atom stereocenters. The summed E-state index contributed by atoms with van der Waals surface area (Å²) in [6.07, 6.45) is 2.28. The summed E-state index contributed by atoms with van der Waals surface area (Å²) in [4.78, 5) is 14.1. The first-order chi connectivity index (χ1) is 7.11. The minimum atomic E-state index is -0.629. The third-order valence-electron chi connectivity index (χ3n) is 3.28. The average Bonchev–Trinajstić information content (AvgIpc) is 2.23. The molecule has 0 saturated carbocycles. The van der Waals surface area contributed by atoms with Gasteiger partial charge in [-0.25, -0.2) is 0 Å². The predicted octanol–water partition coefficient (Wildman–Crippen LogP) is 0.376. The van der Waals surface area contributed by atoms with Crippen LogP contribution in [0.3, 0.4) is 0 Å². The van der Waals surface area contributed by atoms with E-state index in [2.05, 4.69) is 5.32 Å². The van der Waals surface area contributed by atoms with E-state index in [0.717, 1.165) is 32.5 Å². The van der Waals surface area contributed by atoms with E-state index in [9.17, 15) is 4.79 Å². The van der Waals surface area contributed by atoms with Gasteiger partial charge in [-0.3, -0.25) is 4.79 Å². The van der Waals surface area contributed by atoms with Crippen molar-refractivity contribution in [2.75, 3.05) is 26.2 Å². The van der Waals surface area contributed by atoms with Crippen molar-refractivity contribution in [2.45, 2.75) is 38.3 Å². The molecular formula is C11H20N2O2. The maximum Gasteiger partial charge on any atom is 0.254 e. The first-order valence-corrected chi connectivity index (χ1v) is 5.77. The van der Waals surface area contributed by atoms with Crippen molar-refractivity contribution in [2.24, 2.45) is 0 Å². The van der Waals surface area contributed by atoms with Crippen LogP contribution in [0, 0.1) is 0 Å². The molecule has 0 aromatic rings. The van der Waals surface area contributed by atoms with E-state index < -0.39 is 5.60 Å². The van der Waals surface area contributed by atoms with Crippen molar-refractivity contribution >= 4 is 5.91 Å². The number of amides is 1. The summed E-state index contributed by atoms with van der Waals surface area (Å²) >= 11 is 0. The number of piperidine rings is 1. The Morgan fingerprint density at radius 3 is 3.00 bits per heavy atom. The second kappa shape index (κ2) is 4.10. The number of rotatable bonds is 1. The highest BCUT2D eigenvalue weighted by Gasteiger charge is 2.39. The van der Waals surface area contributed by atoms with Crippen LogP contribution in [0.5, 0.6) is 0 Å². The minimum Gasteiger partial charge on any atom is -0.364 e. The molecule has 1 N–H and O–H groups in total. The fourth-order valence-corrected chi connectivity index (χ4v) is 2.36. The van der Waals surface area contributed by atoms with Gasteiger partial charge in [0.15, 0.2) is 0 Å². The Bertz CT molecular complexity index is 247. The van der Waals surface area contributed by atoms with Crippen LogP contribution in [0.25, 0.3) is 0 Å². The molecule has 0 bridgehead atoms. The fourth-order valence-electron chi connectivity index (χ4n) is 2.36. The maximum absolute atomic E-state index is 12.1. The SMILES string of the molecule is CC1(C)OCCN(C2CCCNC2)C1=O. The van der Waals surface area contributed by atoms with Crippen LogP contribution < -0.4 is 5.32 Å². The van der Waals surface area contributed by atoms with Gasteiger partial charge >= 0.3 is 0 Å². The monoisotopic (exact) mass is 212 g/mol. The summed E-state index contributed by atoms with van der Waals surface area (Å²) in [5, 5.41) is 3.35. The summed E-state index contributed by atoms with van der Waals surface area (Å²) in [7, 11) is 0. The molecule has 0 aliphatic carbocycles. The second-order valence-corrected chi connectivity index (χ2v) is 4.86. The van der Waals surface area contributed by atoms with Crippen LogP contribution in [0.2, 0.25) is 0 Å². The Morgan fingerprint density at radius 1 is 1.53 bits per heavy atom. The normalized spacial score (nSPS) is 31.7. The number of hydrogen-bond donors (Lipinski definition) is 1. The van der Waals surface area contributed by atoms with Crippen molar-refractivity contribution < 1.29 is 9.53 Å². The zero-order valence-corrected chi connectivity index (χ0v) is 9.58. The van der Waals surface area contributed by atoms with Gasteiger partial charge in [-0.2, -0.15) is 0 Å². The Hall–Kier alpha value is -0.610. The van der Waals surface area contributed by atoms with E-state index >= 15 is 0 Å². The van der Waals surface area contributed by atoms with Crippen LogP contribution in [0.4, 0.5) is 0 Å². The van der Waals surface area contributed by atoms with Gasteiger partial charge < -0.3 is 15.0 Å². The molecule has 4 nitrogen and oxygen atoms in total. The second-order valence-electron chi connectivity index (χ2n) is 4.86. The molecule has 15 heavy (non-hydrogen) atoms. The van der Waals surface area contributed by atoms with Crippen molar-refractivity contribution in [3.63, 3.8) is 0 Å². The quantitative estimate of drug-likeness (QED) is 0.683. The molecule has 2 aliphatic heterocycles. The smallest absolute Gasteiger partial charge is 0.254 e. The number of carbonyl (C=O) groups is 1. The zero-order valence-electron chi connectivity index (χ0n) is 9.58. The van der Waals surface area contributed by atoms with Gasteiger partial charge in [0.05, 0.1) is 6.61 Å². The molecule has 2 aliphatic rings. The van der Waals surface area contributed by atoms with E-state index in [4.69, 9.17) is 4.74 Å². The summed E-state index contributed by atoms with van der Waals surface area (Å²) in [5.41, 5.74) is -0.629. The average molecular weight is 212 g/mol. The highest BCUT2D eigenvalue weighted by molar-refractivity contribution is 5.85. The number of ether oxygens (including phenoxy) is 1. The Balaban J connectivity index is 2.04. The maximum atomic E-state index is 12.1. The number of carbonyl (C=O) groups excluding carboxylic acids is 1. The van der Waals surface area contributed by atoms with Gasteiger partial charge in [-0.05, 0) is 33.2 Å². The molecule has 0 aromatic carbocycles. The lowest BCUT2D eigenvalue weighted by atomic mass is 10.0. The molecule has 1 unspecified atom stereocenters. The molecule has 0 aromatic heterocycles. The van der Waals surface area contributed by atoms with Crippen molar-refractivity contribution in [1.29, 1.82) is 0 Å². The lowest BCUT2D eigenvalue weighted by Gasteiger charge is -2.42. The van der Waals surface area contributed by atoms with E-state index in [1.165, 1.54) is 0 Å². The lowest BCUT2D eigenvalue weighted by molar-refractivity contribution is -0.169. The summed E-state index contributed by atoms with van der Waals surface area (Å²) in [6, 6.07) is 0.370. The highest BCUT2D eigenvalue weighted by Crippen LogP contribution is 2.22. The van der Waals surface area contributed by atoms with Crippen LogP contribution >= 0.6 is 0 Å². The standard InChI is InChI=1S/C11H20N2O2/c1-11(2)10(14)13(6-7-15-11)9-4-3-5-12-8-9/h9,12H,3-8H2,1-2H3. The Morgan fingerprint density at radius 2 is 2.33 bits per heavy atom. The van der Waals surface area contributed by atoms with Gasteiger partial charge in [-0.1, -0.05) is 0 Å². The van der Waals surface area contributed by atoms with Crippen LogP contribution in [-0.2, 0) is 9.53 Å². The first kappa shape index (κ1) is 10.9. The number of morpholine rings is 1. The molecular weight excluding hydrogens is 192 g/mol. The minimum absolute atomic E-state index is 0.141. The molecule has 2 saturated heterocycles. The molecule has 0 radical (unpaired) electrons. The van der Waals surface area contributed by atoms with Crippen LogP contribution in [0.1, 0.15) is 26.7 Å². The molecule has 4 heteroatoms. The van der Waals surface area contributed by atoms with Crippen molar-refractivity contribution in [3.8, 4) is 0 Å². The van der Waals surface area contributed by atoms with Gasteiger partial charge in [0.1, 0.15) is 5.60 Å². The van der Waals surface area contributed by atoms with E-state index in [1.807, 2.05) is 18.7 Å². The number of nitrogens with one attached hydrogen (secondary N) is 1. The Labute approximate surface area is 91.0 Å². The summed E-state index contributed by atoms with van der Waals surface area (Å²) in [5.74, 6) is 0.141. The highest BCUT2D eigenvalue weighted by atomic mass is 16.5. The van der Waals surface area contributed by atoms with Crippen LogP contribution in [-0.4, -0.2) is 48.7 Å². The molecule has 2 fully saturated rings. The molecule has 2 heterocycles. The van der Waals surface area contributed by atoms with Crippen LogP contribution in [0.15, 0.2) is 0 Å². The van der Waals surface area contributed by atoms with Gasteiger partial charge in [0, 0.05) is 19.1 Å². The summed E-state index contributed by atoms with van der Waals surface area (Å²) in [6.45, 7) is 7.14. The molecule has 2 rings (SSSR count). The topological polar surface area (TPSA) is 41.6 Å². The van der Waals surface area contributed by atoms with Crippen molar-refractivity contribution in [1.82, 2.24) is 10.2 Å². The third-order valence-corrected chi connectivity index (χ3v) is 3.28. The predicted molar refractivity (Wildman–Crippen MR) is 57.6 cm³/mol. The van der Waals surface area contributed by atoms with Gasteiger partial charge in [0.2, 0.25) is 0 Å². The zero-order chi connectivity index (χ0) is 10.9. The van der Waals surface area contributed by atoms with E-state index in [0.29, 0.717) is 12.6 Å². The van der Waals surface area contributed by atoms with Gasteiger partial charge in [0.25, 0.3) is 5.91 Å². The van der Waals surface area contributed by atoms with E-state index in [-0.39, 0.29) is 5.91 Å². The molecule has 1 amide bonds. The fraction of sp³-hybridized carbons (Fsp3) is 0.909.